The standard InChI is InChI=1S/C12H8FN3O3/c13-8-1-2-10(7(3-8)5-14)15-6-9-4-11(12(17)18)16-19-9/h1-4,15H,6H2,(H,17,18). The molecule has 7 heteroatoms. The summed E-state index contributed by atoms with van der Waals surface area (Å²) in [6.45, 7) is 0.139. The monoisotopic (exact) mass is 261 g/mol. The average molecular weight is 261 g/mol. The number of carboxylic acid groups (broad SMARTS) is 1. The molecule has 1 heterocycles. The van der Waals surface area contributed by atoms with Crippen LogP contribution in [-0.2, 0) is 6.54 Å². The van der Waals surface area contributed by atoms with E-state index in [1.165, 1.54) is 18.2 Å². The van der Waals surface area contributed by atoms with E-state index in [-0.39, 0.29) is 17.8 Å². The molecule has 0 radical (unpaired) electrons. The first kappa shape index (κ1) is 12.6. The summed E-state index contributed by atoms with van der Waals surface area (Å²) in [6, 6.07) is 6.86. The van der Waals surface area contributed by atoms with Crippen LogP contribution in [0.2, 0.25) is 0 Å². The molecule has 2 rings (SSSR count). The van der Waals surface area contributed by atoms with Gasteiger partial charge in [-0.15, -0.1) is 0 Å². The molecule has 0 aliphatic heterocycles. The van der Waals surface area contributed by atoms with Gasteiger partial charge >= 0.3 is 5.97 Å². The summed E-state index contributed by atoms with van der Waals surface area (Å²) in [5.74, 6) is -1.39. The molecule has 96 valence electrons. The molecule has 0 unspecified atom stereocenters. The Hall–Kier alpha value is -2.88. The highest BCUT2D eigenvalue weighted by Crippen LogP contribution is 2.17. The van der Waals surface area contributed by atoms with Crippen LogP contribution in [-0.4, -0.2) is 16.2 Å². The molecule has 0 fully saturated rings. The van der Waals surface area contributed by atoms with Gasteiger partial charge in [-0.25, -0.2) is 9.18 Å². The lowest BCUT2D eigenvalue weighted by molar-refractivity contribution is 0.0685. The number of benzene rings is 1. The number of halogens is 1. The Kier molecular flexibility index (Phi) is 3.43. The van der Waals surface area contributed by atoms with Crippen molar-refractivity contribution in [3.63, 3.8) is 0 Å². The molecular formula is C12H8FN3O3. The zero-order valence-corrected chi connectivity index (χ0v) is 9.55. The van der Waals surface area contributed by atoms with Gasteiger partial charge in [0.25, 0.3) is 0 Å². The van der Waals surface area contributed by atoms with Gasteiger partial charge in [0.05, 0.1) is 17.8 Å². The van der Waals surface area contributed by atoms with Gasteiger partial charge in [0.2, 0.25) is 0 Å². The van der Waals surface area contributed by atoms with E-state index in [1.807, 2.05) is 6.07 Å². The predicted octanol–water partition coefficient (Wildman–Crippen LogP) is 2.00. The fraction of sp³-hybridized carbons (Fsp3) is 0.0833. The third-order valence-electron chi connectivity index (χ3n) is 2.33. The molecule has 0 saturated heterocycles. The molecule has 0 aliphatic rings. The van der Waals surface area contributed by atoms with E-state index < -0.39 is 11.8 Å². The summed E-state index contributed by atoms with van der Waals surface area (Å²) in [6.07, 6.45) is 0. The van der Waals surface area contributed by atoms with Crippen molar-refractivity contribution in [1.29, 1.82) is 5.26 Å². The summed E-state index contributed by atoms with van der Waals surface area (Å²) in [5, 5.41) is 23.7. The first-order chi connectivity index (χ1) is 9.10. The second-order valence-electron chi connectivity index (χ2n) is 3.64. The van der Waals surface area contributed by atoms with Crippen LogP contribution in [0.1, 0.15) is 21.8 Å². The van der Waals surface area contributed by atoms with Crippen LogP contribution in [0.5, 0.6) is 0 Å². The Morgan fingerprint density at radius 3 is 2.95 bits per heavy atom. The predicted molar refractivity (Wildman–Crippen MR) is 61.9 cm³/mol. The van der Waals surface area contributed by atoms with Crippen LogP contribution in [0.4, 0.5) is 10.1 Å². The van der Waals surface area contributed by atoms with E-state index in [9.17, 15) is 9.18 Å². The number of aromatic carboxylic acids is 1. The number of rotatable bonds is 4. The third-order valence-corrected chi connectivity index (χ3v) is 2.33. The minimum atomic E-state index is -1.19. The van der Waals surface area contributed by atoms with Gasteiger partial charge < -0.3 is 14.9 Å². The number of carbonyl (C=O) groups is 1. The van der Waals surface area contributed by atoms with E-state index in [0.29, 0.717) is 11.4 Å². The second kappa shape index (κ2) is 5.18. The van der Waals surface area contributed by atoms with Crippen LogP contribution in [0.3, 0.4) is 0 Å². The Bertz CT molecular complexity index is 660. The molecule has 1 aromatic carbocycles. The van der Waals surface area contributed by atoms with E-state index in [0.717, 1.165) is 6.07 Å². The molecule has 0 aliphatic carbocycles. The van der Waals surface area contributed by atoms with Crippen molar-refractivity contribution in [1.82, 2.24) is 5.16 Å². The number of aromatic nitrogens is 1. The number of anilines is 1. The molecule has 0 bridgehead atoms. The molecular weight excluding hydrogens is 253 g/mol. The number of hydrogen-bond donors (Lipinski definition) is 2. The van der Waals surface area contributed by atoms with E-state index in [1.54, 1.807) is 0 Å². The molecule has 2 aromatic rings. The summed E-state index contributed by atoms with van der Waals surface area (Å²) in [5.41, 5.74) is 0.381. The minimum absolute atomic E-state index is 0.139. The molecule has 1 aromatic heterocycles. The number of hydrogen-bond acceptors (Lipinski definition) is 5. The van der Waals surface area contributed by atoms with Crippen LogP contribution < -0.4 is 5.32 Å². The van der Waals surface area contributed by atoms with Gasteiger partial charge in [-0.1, -0.05) is 5.16 Å². The lowest BCUT2D eigenvalue weighted by Crippen LogP contribution is -2.01. The summed E-state index contributed by atoms with van der Waals surface area (Å²) >= 11 is 0. The van der Waals surface area contributed by atoms with E-state index in [2.05, 4.69) is 10.5 Å². The molecule has 6 nitrogen and oxygen atoms in total. The van der Waals surface area contributed by atoms with Gasteiger partial charge in [0, 0.05) is 6.07 Å². The largest absolute Gasteiger partial charge is 0.476 e. The maximum absolute atomic E-state index is 12.9. The zero-order chi connectivity index (χ0) is 13.8. The fourth-order valence-electron chi connectivity index (χ4n) is 1.44. The van der Waals surface area contributed by atoms with Crippen molar-refractivity contribution >= 4 is 11.7 Å². The Morgan fingerprint density at radius 2 is 2.32 bits per heavy atom. The van der Waals surface area contributed by atoms with Gasteiger partial charge in [0.1, 0.15) is 11.9 Å². The SMILES string of the molecule is N#Cc1cc(F)ccc1NCc1cc(C(=O)O)no1. The smallest absolute Gasteiger partial charge is 0.358 e. The lowest BCUT2D eigenvalue weighted by atomic mass is 10.2. The Labute approximate surface area is 107 Å². The molecule has 0 amide bonds. The van der Waals surface area contributed by atoms with Crippen molar-refractivity contribution in [2.45, 2.75) is 6.54 Å². The van der Waals surface area contributed by atoms with Crippen molar-refractivity contribution in [2.24, 2.45) is 0 Å². The Morgan fingerprint density at radius 1 is 1.53 bits per heavy atom. The van der Waals surface area contributed by atoms with Crippen LogP contribution in [0.15, 0.2) is 28.8 Å². The maximum atomic E-state index is 12.9. The normalized spacial score (nSPS) is 9.89. The topological polar surface area (TPSA) is 99.2 Å². The fourth-order valence-corrected chi connectivity index (χ4v) is 1.44. The maximum Gasteiger partial charge on any atom is 0.358 e. The van der Waals surface area contributed by atoms with Crippen LogP contribution >= 0.6 is 0 Å². The molecule has 2 N–H and O–H groups in total. The van der Waals surface area contributed by atoms with Gasteiger partial charge in [-0.2, -0.15) is 5.26 Å². The number of nitrogens with zero attached hydrogens (tertiary/aromatic N) is 2. The van der Waals surface area contributed by atoms with Crippen LogP contribution in [0, 0.1) is 17.1 Å². The van der Waals surface area contributed by atoms with E-state index in [4.69, 9.17) is 14.9 Å². The number of carboxylic acids is 1. The lowest BCUT2D eigenvalue weighted by Gasteiger charge is -2.05. The molecule has 0 spiro atoms. The molecule has 0 atom stereocenters. The van der Waals surface area contributed by atoms with Gasteiger partial charge in [-0.3, -0.25) is 0 Å². The summed E-state index contributed by atoms with van der Waals surface area (Å²) in [4.78, 5) is 10.6. The van der Waals surface area contributed by atoms with Crippen molar-refractivity contribution in [3.05, 3.63) is 47.1 Å². The quantitative estimate of drug-likeness (QED) is 0.873. The first-order valence-corrected chi connectivity index (χ1v) is 5.22. The summed E-state index contributed by atoms with van der Waals surface area (Å²) < 4.78 is 17.7. The number of nitrogens with one attached hydrogen (secondary N) is 1. The third kappa shape index (κ3) is 2.87. The van der Waals surface area contributed by atoms with Crippen molar-refractivity contribution in [2.75, 3.05) is 5.32 Å². The van der Waals surface area contributed by atoms with Crippen molar-refractivity contribution < 1.29 is 18.8 Å². The highest BCUT2D eigenvalue weighted by molar-refractivity contribution is 5.85. The van der Waals surface area contributed by atoms with Crippen molar-refractivity contribution in [3.8, 4) is 6.07 Å². The van der Waals surface area contributed by atoms with Crippen LogP contribution in [0.25, 0.3) is 0 Å². The molecule has 19 heavy (non-hydrogen) atoms. The zero-order valence-electron chi connectivity index (χ0n) is 9.55. The van der Waals surface area contributed by atoms with E-state index >= 15 is 0 Å². The molecule has 0 saturated carbocycles. The second-order valence-corrected chi connectivity index (χ2v) is 3.64. The average Bonchev–Trinajstić information content (AvgIpc) is 2.86. The Balaban J connectivity index is 2.10. The van der Waals surface area contributed by atoms with Gasteiger partial charge in [0.15, 0.2) is 11.5 Å². The first-order valence-electron chi connectivity index (χ1n) is 5.22. The summed E-state index contributed by atoms with van der Waals surface area (Å²) in [7, 11) is 0. The number of nitriles is 1. The highest BCUT2D eigenvalue weighted by atomic mass is 19.1. The minimum Gasteiger partial charge on any atom is -0.476 e. The van der Waals surface area contributed by atoms with Gasteiger partial charge in [-0.05, 0) is 18.2 Å². The highest BCUT2D eigenvalue weighted by Gasteiger charge is 2.11.